The van der Waals surface area contributed by atoms with E-state index in [0.717, 1.165) is 38.7 Å². The molecule has 3 aromatic rings. The van der Waals surface area contributed by atoms with Crippen molar-refractivity contribution < 1.29 is 53.0 Å². The molecule has 4 heterocycles. The number of pyridine rings is 1. The van der Waals surface area contributed by atoms with Crippen LogP contribution in [-0.4, -0.2) is 143 Å². The van der Waals surface area contributed by atoms with E-state index in [0.29, 0.717) is 5.52 Å². The van der Waals surface area contributed by atoms with Crippen molar-refractivity contribution in [3.8, 4) is 23.7 Å². The van der Waals surface area contributed by atoms with Gasteiger partial charge in [-0.1, -0.05) is 50.8 Å². The number of ketones is 2. The molecule has 15 nitrogen and oxygen atoms in total. The lowest BCUT2D eigenvalue weighted by Crippen LogP contribution is -2.69. The maximum absolute atomic E-state index is 15.4. The van der Waals surface area contributed by atoms with Gasteiger partial charge in [-0.2, -0.15) is 0 Å². The number of aromatic amines is 1. The highest BCUT2D eigenvalue weighted by atomic mass is 127. The van der Waals surface area contributed by atoms with E-state index in [4.69, 9.17) is 50.8 Å². The van der Waals surface area contributed by atoms with Crippen LogP contribution < -0.4 is 10.6 Å². The minimum absolute atomic E-state index is 0.0689. The highest BCUT2D eigenvalue weighted by Crippen LogP contribution is 2.46. The number of alkyl carbamates (subject to hydrolysis) is 1. The number of fused-ring (bicyclic) bond motifs is 4. The van der Waals surface area contributed by atoms with E-state index in [1.54, 1.807) is 38.8 Å². The van der Waals surface area contributed by atoms with Crippen molar-refractivity contribution in [2.45, 2.75) is 99.6 Å². The highest BCUT2D eigenvalue weighted by Gasteiger charge is 2.61. The molecule has 2 aromatic heterocycles. The van der Waals surface area contributed by atoms with Crippen molar-refractivity contribution in [3.63, 3.8) is 0 Å². The van der Waals surface area contributed by atoms with Crippen LogP contribution in [0.3, 0.4) is 0 Å². The van der Waals surface area contributed by atoms with Gasteiger partial charge in [0.2, 0.25) is 5.78 Å². The first-order valence-corrected chi connectivity index (χ1v) is 27.8. The van der Waals surface area contributed by atoms with Crippen LogP contribution in [0.25, 0.3) is 21.8 Å². The lowest BCUT2D eigenvalue weighted by atomic mass is 9.82. The van der Waals surface area contributed by atoms with Gasteiger partial charge in [0.25, 0.3) is 0 Å². The number of H-pyrrole nitrogens is 1. The molecule has 0 bridgehead atoms. The lowest BCUT2D eigenvalue weighted by molar-refractivity contribution is -0.326. The molecule has 5 N–H and O–H groups in total. The first kappa shape index (κ1) is 51.5. The number of hydrogen-bond donors (Lipinski definition) is 5. The first-order valence-electron chi connectivity index (χ1n) is 21.5. The smallest absolute Gasteiger partial charge is 0.411 e. The topological polar surface area (TPSA) is 200 Å². The van der Waals surface area contributed by atoms with E-state index >= 15 is 4.79 Å². The minimum atomic E-state index is -2.03. The number of allylic oxidation sites excluding steroid dienone is 3. The number of hydrogen-bond acceptors (Lipinski definition) is 16. The number of thioether (sulfide) groups is 1. The second-order valence-corrected chi connectivity index (χ2v) is 26.4. The Morgan fingerprint density at radius 3 is 2.63 bits per heavy atom. The third-order valence-corrected chi connectivity index (χ3v) is 15.8. The Morgan fingerprint density at radius 2 is 1.93 bits per heavy atom. The van der Waals surface area contributed by atoms with Gasteiger partial charge in [0.1, 0.15) is 28.8 Å². The summed E-state index contributed by atoms with van der Waals surface area (Å²) in [5.74, 6) is 9.87. The van der Waals surface area contributed by atoms with Crippen LogP contribution in [0, 0.1) is 33.2 Å². The summed E-state index contributed by atoms with van der Waals surface area (Å²) in [4.78, 5) is 50.1. The number of rotatable bonds is 13. The van der Waals surface area contributed by atoms with Crippen molar-refractivity contribution >= 4 is 103 Å². The van der Waals surface area contributed by atoms with Gasteiger partial charge in [0, 0.05) is 63.4 Å². The van der Waals surface area contributed by atoms with Crippen LogP contribution in [-0.2, 0) is 62.7 Å². The molecule has 4 aliphatic rings. The molecule has 2 aliphatic heterocycles. The summed E-state index contributed by atoms with van der Waals surface area (Å²) < 4.78 is 36.9. The Labute approximate surface area is 417 Å². The van der Waals surface area contributed by atoms with Crippen molar-refractivity contribution in [3.05, 3.63) is 74.8 Å². The average molecular weight is 1110 g/mol. The van der Waals surface area contributed by atoms with E-state index in [2.05, 4.69) is 66.9 Å². The molecule has 358 valence electrons. The van der Waals surface area contributed by atoms with Crippen LogP contribution in [0.15, 0.2) is 65.5 Å². The first-order chi connectivity index (χ1) is 31.9. The number of amides is 1. The molecule has 67 heavy (non-hydrogen) atoms. The third kappa shape index (κ3) is 11.0. The van der Waals surface area contributed by atoms with Gasteiger partial charge in [0.05, 0.1) is 55.2 Å². The average Bonchev–Trinajstić information content (AvgIpc) is 3.65. The maximum atomic E-state index is 15.4. The molecule has 11 atom stereocenters. The number of aromatic nitrogens is 2. The summed E-state index contributed by atoms with van der Waals surface area (Å²) in [6.45, 7) is 5.91. The number of carbonyl (C=O) groups is 3. The molecular formula is C47H53IN4O11S4. The Morgan fingerprint density at radius 1 is 1.16 bits per heavy atom. The molecule has 0 radical (unpaired) electrons. The van der Waals surface area contributed by atoms with E-state index in [9.17, 15) is 19.8 Å². The fourth-order valence-electron chi connectivity index (χ4n) is 8.98. The second-order valence-electron chi connectivity index (χ2n) is 16.9. The van der Waals surface area contributed by atoms with Crippen molar-refractivity contribution in [1.82, 2.24) is 20.6 Å². The normalized spacial score (nSPS) is 31.1. The number of Topliss-reactive ketones (excluding diaryl/α,β-unsaturated/α-hetero) is 2. The molecule has 2 aliphatic carbocycles. The van der Waals surface area contributed by atoms with Gasteiger partial charge < -0.3 is 48.9 Å². The van der Waals surface area contributed by atoms with Crippen LogP contribution >= 0.6 is 34.4 Å². The van der Waals surface area contributed by atoms with Gasteiger partial charge in [-0.15, -0.1) is 11.8 Å². The molecule has 1 amide bonds. The summed E-state index contributed by atoms with van der Waals surface area (Å²) in [7, 11) is 0.727. The van der Waals surface area contributed by atoms with Crippen molar-refractivity contribution in [2.75, 3.05) is 39.1 Å². The zero-order valence-electron chi connectivity index (χ0n) is 37.8. The number of aliphatic hydroxyl groups excluding tert-OH is 2. The predicted molar refractivity (Wildman–Crippen MR) is 272 cm³/mol. The number of benzene rings is 1. The molecular weight excluding hydrogens is 1050 g/mol. The monoisotopic (exact) mass is 1100 g/mol. The quantitative estimate of drug-likeness (QED) is 0.0699. The van der Waals surface area contributed by atoms with Crippen LogP contribution in [0.1, 0.15) is 44.1 Å². The maximum Gasteiger partial charge on any atom is 0.411 e. The third-order valence-electron chi connectivity index (χ3n) is 12.1. The SMILES string of the molecule is COC(=O)NC1=C2C#C/C=C\C#C[C@H](OC3OC(C)C(SC)(C(=O)c4nccc5c4[nH]c4ccc(I)cc45)C(O)C3OC3CC(OC)C(NC(C)C)CO3)C2/C(=C\CS(C)(=S)=S)[C@@H](O)CC1=O. The predicted octanol–water partition coefficient (Wildman–Crippen LogP) is 4.38. The molecule has 20 heteroatoms. The summed E-state index contributed by atoms with van der Waals surface area (Å²) in [5, 5.41) is 32.5. The fraction of sp³-hybridized carbons (Fsp3) is 0.489. The minimum Gasteiger partial charge on any atom is -0.453 e. The van der Waals surface area contributed by atoms with Crippen molar-refractivity contribution in [1.29, 1.82) is 0 Å². The van der Waals surface area contributed by atoms with E-state index in [-0.39, 0.29) is 59.5 Å². The number of nitrogens with one attached hydrogen (secondary N) is 3. The summed E-state index contributed by atoms with van der Waals surface area (Å²) in [6, 6.07) is 7.72. The number of nitrogens with zero attached hydrogens (tertiary/aromatic N) is 1. The number of ether oxygens (including phenoxy) is 6. The Hall–Kier alpha value is -3.33. The van der Waals surface area contributed by atoms with Gasteiger partial charge in [-0.3, -0.25) is 19.9 Å². The standard InChI is InChI=1S/C47H53IN4O11S4/c1-24(2)50-32-23-60-37(22-36(32)58-4)63-42-44(56)47(66-6,43(55)41-40-27(16-18-49-41)30-20-26(48)14-15-31(30)51-40)25(3)61-45(42)62-35-13-11-9-8-10-12-29-38(35)28(17-19-67(7,64)65)33(53)21-34(54)39(29)52-46(57)59-5/h8-9,14-18,20,24-25,32-33,35-38,42,44-45,50-51,53,56H,19,21-23H2,1-7H3,(H,52,57)/b9-8-,28-17-/t25?,32?,33-,35-,36?,37?,38?,42?,44?,45?,47?/m0/s1. The van der Waals surface area contributed by atoms with Gasteiger partial charge in [0.15, 0.2) is 18.4 Å². The Balaban J connectivity index is 1.36. The molecule has 9 unspecified atom stereocenters. The lowest BCUT2D eigenvalue weighted by Gasteiger charge is -2.51. The summed E-state index contributed by atoms with van der Waals surface area (Å²) in [6.07, 6.45) is -1.22. The van der Waals surface area contributed by atoms with Gasteiger partial charge in [-0.25, -0.2) is 4.79 Å². The summed E-state index contributed by atoms with van der Waals surface area (Å²) in [5.41, 5.74) is 1.53. The fourth-order valence-corrected chi connectivity index (χ4v) is 11.4. The molecule has 2 fully saturated rings. The number of carbonyl (C=O) groups excluding carboxylic acids is 3. The van der Waals surface area contributed by atoms with Gasteiger partial charge >= 0.3 is 6.09 Å². The van der Waals surface area contributed by atoms with Crippen LogP contribution in [0.5, 0.6) is 0 Å². The number of aliphatic hydroxyl groups is 2. The van der Waals surface area contributed by atoms with Gasteiger partial charge in [-0.05, 0) is 106 Å². The zero-order chi connectivity index (χ0) is 48.4. The van der Waals surface area contributed by atoms with E-state index in [1.165, 1.54) is 12.2 Å². The van der Waals surface area contributed by atoms with Crippen LogP contribution in [0.4, 0.5) is 4.79 Å². The summed E-state index contributed by atoms with van der Waals surface area (Å²) >= 11 is 14.6. The molecule has 1 aromatic carbocycles. The molecule has 2 saturated heterocycles. The largest absolute Gasteiger partial charge is 0.453 e. The Kier molecular flexibility index (Phi) is 16.7. The molecule has 7 rings (SSSR count). The number of halogens is 1. The zero-order valence-corrected chi connectivity index (χ0v) is 43.2. The molecule has 0 saturated carbocycles. The second kappa shape index (κ2) is 21.8. The highest BCUT2D eigenvalue weighted by molar-refractivity contribution is 14.1. The van der Waals surface area contributed by atoms with Crippen molar-refractivity contribution in [2.24, 2.45) is 5.92 Å². The van der Waals surface area contributed by atoms with E-state index < -0.39 is 85.0 Å². The number of methoxy groups -OCH3 is 2. The molecule has 0 spiro atoms. The van der Waals surface area contributed by atoms with E-state index in [1.807, 2.05) is 38.1 Å². The Bertz CT molecular complexity index is 2760. The van der Waals surface area contributed by atoms with Crippen LogP contribution in [0.2, 0.25) is 0 Å².